The zero-order valence-corrected chi connectivity index (χ0v) is 9.24. The van der Waals surface area contributed by atoms with Crippen molar-refractivity contribution < 1.29 is 0 Å². The summed E-state index contributed by atoms with van der Waals surface area (Å²) in [5.41, 5.74) is 0. The maximum absolute atomic E-state index is 4.17. The Balaban J connectivity index is 2.03. The van der Waals surface area contributed by atoms with Crippen molar-refractivity contribution in [3.63, 3.8) is 0 Å². The maximum Gasteiger partial charge on any atom is 0.0489 e. The Morgan fingerprint density at radius 2 is 2.36 bits per heavy atom. The molecule has 1 aromatic heterocycles. The van der Waals surface area contributed by atoms with Gasteiger partial charge in [-0.15, -0.1) is 0 Å². The second kappa shape index (κ2) is 6.60. The van der Waals surface area contributed by atoms with Gasteiger partial charge in [0.05, 0.1) is 0 Å². The van der Waals surface area contributed by atoms with Gasteiger partial charge < -0.3 is 5.32 Å². The summed E-state index contributed by atoms with van der Waals surface area (Å²) < 4.78 is 1.99. The van der Waals surface area contributed by atoms with Gasteiger partial charge in [0.15, 0.2) is 0 Å². The van der Waals surface area contributed by atoms with E-state index in [9.17, 15) is 0 Å². The van der Waals surface area contributed by atoms with E-state index in [1.807, 2.05) is 23.1 Å². The SMILES string of the molecule is CCCNC(C)CCCn1cccn1. The van der Waals surface area contributed by atoms with Crippen molar-refractivity contribution in [2.45, 2.75) is 45.7 Å². The van der Waals surface area contributed by atoms with Gasteiger partial charge in [-0.1, -0.05) is 6.92 Å². The second-order valence-electron chi connectivity index (χ2n) is 3.77. The highest BCUT2D eigenvalue weighted by molar-refractivity contribution is 4.77. The van der Waals surface area contributed by atoms with Crippen LogP contribution in [0, 0.1) is 0 Å². The first-order valence-corrected chi connectivity index (χ1v) is 5.53. The van der Waals surface area contributed by atoms with E-state index in [-0.39, 0.29) is 0 Å². The molecule has 3 nitrogen and oxygen atoms in total. The largest absolute Gasteiger partial charge is 0.314 e. The van der Waals surface area contributed by atoms with E-state index in [1.54, 1.807) is 0 Å². The molecular formula is C11H21N3. The Bertz CT molecular complexity index is 218. The van der Waals surface area contributed by atoms with E-state index in [0.29, 0.717) is 6.04 Å². The number of hydrogen-bond donors (Lipinski definition) is 1. The first-order valence-electron chi connectivity index (χ1n) is 5.53. The molecule has 0 fully saturated rings. The molecule has 0 aliphatic carbocycles. The van der Waals surface area contributed by atoms with Gasteiger partial charge in [0, 0.05) is 25.0 Å². The predicted octanol–water partition coefficient (Wildman–Crippen LogP) is 2.05. The smallest absolute Gasteiger partial charge is 0.0489 e. The van der Waals surface area contributed by atoms with E-state index in [4.69, 9.17) is 0 Å². The summed E-state index contributed by atoms with van der Waals surface area (Å²) >= 11 is 0. The molecule has 1 aromatic rings. The molecule has 0 spiro atoms. The van der Waals surface area contributed by atoms with Crippen LogP contribution in [-0.2, 0) is 6.54 Å². The van der Waals surface area contributed by atoms with Crippen LogP contribution >= 0.6 is 0 Å². The van der Waals surface area contributed by atoms with Gasteiger partial charge in [-0.3, -0.25) is 4.68 Å². The quantitative estimate of drug-likeness (QED) is 0.721. The zero-order chi connectivity index (χ0) is 10.2. The molecule has 1 heterocycles. The Labute approximate surface area is 86.5 Å². The minimum absolute atomic E-state index is 0.630. The minimum Gasteiger partial charge on any atom is -0.314 e. The topological polar surface area (TPSA) is 29.9 Å². The minimum atomic E-state index is 0.630. The third kappa shape index (κ3) is 4.42. The summed E-state index contributed by atoms with van der Waals surface area (Å²) in [5, 5.41) is 7.65. The van der Waals surface area contributed by atoms with Gasteiger partial charge in [0.2, 0.25) is 0 Å². The van der Waals surface area contributed by atoms with Crippen molar-refractivity contribution in [2.24, 2.45) is 0 Å². The molecule has 0 aliphatic rings. The van der Waals surface area contributed by atoms with Crippen molar-refractivity contribution in [3.8, 4) is 0 Å². The van der Waals surface area contributed by atoms with E-state index in [2.05, 4.69) is 24.3 Å². The van der Waals surface area contributed by atoms with Crippen molar-refractivity contribution in [2.75, 3.05) is 6.54 Å². The summed E-state index contributed by atoms with van der Waals surface area (Å²) in [7, 11) is 0. The Hall–Kier alpha value is -0.830. The van der Waals surface area contributed by atoms with Crippen LogP contribution in [-0.4, -0.2) is 22.4 Å². The fourth-order valence-electron chi connectivity index (χ4n) is 1.48. The Morgan fingerprint density at radius 3 is 3.00 bits per heavy atom. The molecule has 0 aromatic carbocycles. The van der Waals surface area contributed by atoms with Gasteiger partial charge in [-0.25, -0.2) is 0 Å². The van der Waals surface area contributed by atoms with Crippen molar-refractivity contribution in [1.29, 1.82) is 0 Å². The lowest BCUT2D eigenvalue weighted by Gasteiger charge is -2.12. The number of hydrogen-bond acceptors (Lipinski definition) is 2. The molecule has 0 radical (unpaired) electrons. The van der Waals surface area contributed by atoms with Gasteiger partial charge in [0.25, 0.3) is 0 Å². The summed E-state index contributed by atoms with van der Waals surface area (Å²) in [5.74, 6) is 0. The van der Waals surface area contributed by atoms with Gasteiger partial charge in [-0.2, -0.15) is 5.10 Å². The molecule has 1 unspecified atom stereocenters. The molecule has 1 atom stereocenters. The number of aromatic nitrogens is 2. The fraction of sp³-hybridized carbons (Fsp3) is 0.727. The molecule has 0 amide bonds. The molecule has 80 valence electrons. The van der Waals surface area contributed by atoms with Crippen LogP contribution in [0.4, 0.5) is 0 Å². The Kier molecular flexibility index (Phi) is 5.30. The van der Waals surface area contributed by atoms with Crippen LogP contribution in [0.15, 0.2) is 18.5 Å². The molecular weight excluding hydrogens is 174 g/mol. The monoisotopic (exact) mass is 195 g/mol. The average Bonchev–Trinajstić information content (AvgIpc) is 2.67. The van der Waals surface area contributed by atoms with E-state index >= 15 is 0 Å². The summed E-state index contributed by atoms with van der Waals surface area (Å²) in [6, 6.07) is 2.60. The number of nitrogens with one attached hydrogen (secondary N) is 1. The Morgan fingerprint density at radius 1 is 1.50 bits per heavy atom. The normalized spacial score (nSPS) is 13.0. The highest BCUT2D eigenvalue weighted by Crippen LogP contribution is 1.99. The van der Waals surface area contributed by atoms with Crippen LogP contribution in [0.5, 0.6) is 0 Å². The molecule has 0 bridgehead atoms. The molecule has 0 aliphatic heterocycles. The number of aryl methyl sites for hydroxylation is 1. The van der Waals surface area contributed by atoms with Gasteiger partial charge in [0.1, 0.15) is 0 Å². The highest BCUT2D eigenvalue weighted by Gasteiger charge is 1.99. The summed E-state index contributed by atoms with van der Waals surface area (Å²) in [4.78, 5) is 0. The van der Waals surface area contributed by atoms with Crippen molar-refractivity contribution in [3.05, 3.63) is 18.5 Å². The average molecular weight is 195 g/mol. The second-order valence-corrected chi connectivity index (χ2v) is 3.77. The maximum atomic E-state index is 4.17. The van der Waals surface area contributed by atoms with Crippen LogP contribution in [0.1, 0.15) is 33.1 Å². The molecule has 0 saturated carbocycles. The third-order valence-electron chi connectivity index (χ3n) is 2.33. The van der Waals surface area contributed by atoms with E-state index in [0.717, 1.165) is 13.1 Å². The van der Waals surface area contributed by atoms with Crippen molar-refractivity contribution in [1.82, 2.24) is 15.1 Å². The van der Waals surface area contributed by atoms with Crippen molar-refractivity contribution >= 4 is 0 Å². The lowest BCUT2D eigenvalue weighted by Crippen LogP contribution is -2.26. The number of rotatable bonds is 7. The van der Waals surface area contributed by atoms with Gasteiger partial charge in [-0.05, 0) is 38.8 Å². The lowest BCUT2D eigenvalue weighted by atomic mass is 10.2. The zero-order valence-electron chi connectivity index (χ0n) is 9.24. The molecule has 3 heteroatoms. The molecule has 1 rings (SSSR count). The van der Waals surface area contributed by atoms with E-state index in [1.165, 1.54) is 19.3 Å². The van der Waals surface area contributed by atoms with Crippen LogP contribution in [0.25, 0.3) is 0 Å². The molecule has 0 saturated heterocycles. The van der Waals surface area contributed by atoms with Crippen LogP contribution in [0.3, 0.4) is 0 Å². The molecule has 1 N–H and O–H groups in total. The predicted molar refractivity (Wildman–Crippen MR) is 59.2 cm³/mol. The van der Waals surface area contributed by atoms with Gasteiger partial charge >= 0.3 is 0 Å². The van der Waals surface area contributed by atoms with E-state index < -0.39 is 0 Å². The lowest BCUT2D eigenvalue weighted by molar-refractivity contribution is 0.463. The third-order valence-corrected chi connectivity index (χ3v) is 2.33. The number of nitrogens with zero attached hydrogens (tertiary/aromatic N) is 2. The fourth-order valence-corrected chi connectivity index (χ4v) is 1.48. The van der Waals surface area contributed by atoms with Crippen LogP contribution < -0.4 is 5.32 Å². The standard InChI is InChI=1S/C11H21N3/c1-3-7-12-11(2)6-4-9-14-10-5-8-13-14/h5,8,10-12H,3-4,6-7,9H2,1-2H3. The first-order chi connectivity index (χ1) is 6.83. The summed E-state index contributed by atoms with van der Waals surface area (Å²) in [6.07, 6.45) is 7.48. The highest BCUT2D eigenvalue weighted by atomic mass is 15.3. The first kappa shape index (κ1) is 11.2. The molecule has 14 heavy (non-hydrogen) atoms. The summed E-state index contributed by atoms with van der Waals surface area (Å²) in [6.45, 7) is 6.61. The van der Waals surface area contributed by atoms with Crippen LogP contribution in [0.2, 0.25) is 0 Å².